The first-order valence-electron chi connectivity index (χ1n) is 21.0. The number of nitrogens with one attached hydrogen (secondary N) is 5. The lowest BCUT2D eigenvalue weighted by molar-refractivity contribution is -0.139. The second-order valence-corrected chi connectivity index (χ2v) is 16.3. The SMILES string of the molecule is CN[C@@H](C)C(=O)N[C@H]1CCCC[C@@H](C)N(CCC2=C(c3[nH]c4ccccc4c3CCN3C(=O)[C@@H](NC(=O)[C@H](C)NC)CCCC[C@H]3C)Cc3ccccc32)C1=O. The Balaban J connectivity index is 1.31. The van der Waals surface area contributed by atoms with Gasteiger partial charge in [0, 0.05) is 48.2 Å². The maximum absolute atomic E-state index is 14.2. The molecule has 11 heteroatoms. The Labute approximate surface area is 332 Å². The summed E-state index contributed by atoms with van der Waals surface area (Å²) in [7, 11) is 3.50. The van der Waals surface area contributed by atoms with Gasteiger partial charge in [-0.15, -0.1) is 0 Å². The maximum Gasteiger partial charge on any atom is 0.245 e. The summed E-state index contributed by atoms with van der Waals surface area (Å²) in [5, 5.41) is 13.2. The Morgan fingerprint density at radius 3 is 1.84 bits per heavy atom. The van der Waals surface area contributed by atoms with Gasteiger partial charge in [0.05, 0.1) is 12.1 Å². The lowest BCUT2D eigenvalue weighted by Crippen LogP contribution is -2.55. The highest BCUT2D eigenvalue weighted by Gasteiger charge is 2.35. The largest absolute Gasteiger partial charge is 0.355 e. The smallest absolute Gasteiger partial charge is 0.245 e. The fourth-order valence-corrected chi connectivity index (χ4v) is 8.89. The summed E-state index contributed by atoms with van der Waals surface area (Å²) in [6.07, 6.45) is 9.06. The van der Waals surface area contributed by atoms with Crippen molar-refractivity contribution in [2.24, 2.45) is 0 Å². The van der Waals surface area contributed by atoms with Crippen molar-refractivity contribution in [3.05, 3.63) is 70.9 Å². The molecule has 2 saturated heterocycles. The Hall–Kier alpha value is -4.48. The van der Waals surface area contributed by atoms with Crippen LogP contribution in [0.3, 0.4) is 0 Å². The van der Waals surface area contributed by atoms with E-state index in [9.17, 15) is 19.2 Å². The number of likely N-dealkylation sites (N-methyl/N-ethyl adjacent to an activating group) is 2. The van der Waals surface area contributed by atoms with Crippen molar-refractivity contribution in [2.45, 2.75) is 135 Å². The summed E-state index contributed by atoms with van der Waals surface area (Å²) in [5.74, 6) is -0.329. The van der Waals surface area contributed by atoms with Gasteiger partial charge in [0.1, 0.15) is 12.1 Å². The summed E-state index contributed by atoms with van der Waals surface area (Å²) in [6, 6.07) is 15.2. The average molecular weight is 766 g/mol. The van der Waals surface area contributed by atoms with Gasteiger partial charge in [0.25, 0.3) is 0 Å². The fraction of sp³-hybridized carbons (Fsp3) is 0.556. The molecule has 3 heterocycles. The summed E-state index contributed by atoms with van der Waals surface area (Å²) in [5.41, 5.74) is 8.28. The minimum absolute atomic E-state index is 0.00414. The van der Waals surface area contributed by atoms with E-state index in [1.807, 2.05) is 23.6 Å². The van der Waals surface area contributed by atoms with E-state index in [1.54, 1.807) is 14.1 Å². The highest BCUT2D eigenvalue weighted by molar-refractivity contribution is 6.01. The van der Waals surface area contributed by atoms with Crippen molar-refractivity contribution in [3.8, 4) is 0 Å². The van der Waals surface area contributed by atoms with E-state index < -0.39 is 12.1 Å². The topological polar surface area (TPSA) is 139 Å². The van der Waals surface area contributed by atoms with Gasteiger partial charge in [-0.25, -0.2) is 0 Å². The lowest BCUT2D eigenvalue weighted by atomic mass is 9.95. The molecule has 0 saturated carbocycles. The third kappa shape index (κ3) is 9.05. The third-order valence-corrected chi connectivity index (χ3v) is 12.6. The molecule has 0 radical (unpaired) electrons. The van der Waals surface area contributed by atoms with Gasteiger partial charge in [-0.1, -0.05) is 68.1 Å². The van der Waals surface area contributed by atoms with Crippen molar-refractivity contribution in [2.75, 3.05) is 27.2 Å². The predicted molar refractivity (Wildman–Crippen MR) is 224 cm³/mol. The van der Waals surface area contributed by atoms with Crippen LogP contribution in [0.4, 0.5) is 0 Å². The molecule has 302 valence electrons. The van der Waals surface area contributed by atoms with E-state index in [2.05, 4.69) is 88.6 Å². The van der Waals surface area contributed by atoms with Gasteiger partial charge in [-0.05, 0) is 114 Å². The van der Waals surface area contributed by atoms with Crippen LogP contribution in [0.1, 0.15) is 108 Å². The first kappa shape index (κ1) is 41.2. The predicted octanol–water partition coefficient (Wildman–Crippen LogP) is 5.34. The lowest BCUT2D eigenvalue weighted by Gasteiger charge is -2.35. The molecule has 2 fully saturated rings. The zero-order valence-corrected chi connectivity index (χ0v) is 34.3. The molecule has 6 atom stereocenters. The van der Waals surface area contributed by atoms with Gasteiger partial charge in [-0.3, -0.25) is 19.2 Å². The molecule has 1 aromatic heterocycles. The maximum atomic E-state index is 14.2. The van der Waals surface area contributed by atoms with Crippen LogP contribution in [-0.2, 0) is 32.0 Å². The number of aromatic amines is 1. The number of likely N-dealkylation sites (tertiary alicyclic amines) is 2. The van der Waals surface area contributed by atoms with Crippen LogP contribution < -0.4 is 21.3 Å². The summed E-state index contributed by atoms with van der Waals surface area (Å²) in [6.45, 7) is 8.97. The van der Waals surface area contributed by atoms with Crippen LogP contribution in [-0.4, -0.2) is 102 Å². The van der Waals surface area contributed by atoms with Crippen molar-refractivity contribution in [1.82, 2.24) is 36.1 Å². The number of carbonyl (C=O) groups excluding carboxylic acids is 4. The fourth-order valence-electron chi connectivity index (χ4n) is 8.89. The van der Waals surface area contributed by atoms with Crippen LogP contribution in [0.5, 0.6) is 0 Å². The number of allylic oxidation sites excluding steroid dienone is 1. The summed E-state index contributed by atoms with van der Waals surface area (Å²) >= 11 is 0. The number of rotatable bonds is 13. The Morgan fingerprint density at radius 2 is 1.25 bits per heavy atom. The minimum atomic E-state index is -0.546. The van der Waals surface area contributed by atoms with Crippen molar-refractivity contribution >= 4 is 45.7 Å². The quantitative estimate of drug-likeness (QED) is 0.160. The number of hydrogen-bond donors (Lipinski definition) is 5. The Morgan fingerprint density at radius 1 is 0.732 bits per heavy atom. The van der Waals surface area contributed by atoms with Gasteiger partial charge in [0.15, 0.2) is 0 Å². The highest BCUT2D eigenvalue weighted by atomic mass is 16.2. The van der Waals surface area contributed by atoms with E-state index >= 15 is 0 Å². The number of aromatic nitrogens is 1. The zero-order chi connectivity index (χ0) is 39.9. The zero-order valence-electron chi connectivity index (χ0n) is 34.3. The van der Waals surface area contributed by atoms with Crippen LogP contribution in [0, 0.1) is 0 Å². The molecule has 6 rings (SSSR count). The molecule has 2 aromatic carbocycles. The van der Waals surface area contributed by atoms with Gasteiger partial charge in [-0.2, -0.15) is 0 Å². The number of carbonyl (C=O) groups is 4. The van der Waals surface area contributed by atoms with Crippen molar-refractivity contribution in [3.63, 3.8) is 0 Å². The number of amides is 4. The van der Waals surface area contributed by atoms with Gasteiger partial charge < -0.3 is 36.1 Å². The molecule has 11 nitrogen and oxygen atoms in total. The van der Waals surface area contributed by atoms with Crippen LogP contribution in [0.25, 0.3) is 22.0 Å². The molecule has 3 aromatic rings. The number of fused-ring (bicyclic) bond motifs is 2. The van der Waals surface area contributed by atoms with E-state index in [1.165, 1.54) is 27.8 Å². The van der Waals surface area contributed by atoms with E-state index in [0.29, 0.717) is 38.8 Å². The van der Waals surface area contributed by atoms with E-state index in [4.69, 9.17) is 0 Å². The third-order valence-electron chi connectivity index (χ3n) is 12.6. The second-order valence-electron chi connectivity index (χ2n) is 16.3. The standard InChI is InChI=1S/C45H63N7O4/c1-28-15-7-12-21-39(49-42(53)30(3)46-5)44(55)51(28)25-23-34-33-18-10-9-17-32(33)27-37(34)41-36(35-19-11-14-20-38(35)48-41)24-26-52-29(2)16-8-13-22-40(45(52)56)50-43(54)31(4)47-6/h9-11,14,17-20,28-31,39-40,46-48H,7-8,12-13,15-16,21-27H2,1-6H3,(H,49,53)(H,50,54)/t28-,29-,30+,31+,39+,40+/m1/s1. The normalized spacial score (nSPS) is 23.2. The first-order chi connectivity index (χ1) is 27.0. The molecule has 3 aliphatic rings. The molecule has 0 unspecified atom stereocenters. The number of H-pyrrole nitrogens is 1. The van der Waals surface area contributed by atoms with E-state index in [0.717, 1.165) is 61.5 Å². The van der Waals surface area contributed by atoms with Gasteiger partial charge >= 0.3 is 0 Å². The van der Waals surface area contributed by atoms with Gasteiger partial charge in [0.2, 0.25) is 23.6 Å². The number of benzene rings is 2. The molecule has 5 N–H and O–H groups in total. The molecule has 1 aliphatic carbocycles. The number of nitrogens with zero attached hydrogens (tertiary/aromatic N) is 2. The molecular formula is C45H63N7O4. The second kappa shape index (κ2) is 18.6. The van der Waals surface area contributed by atoms with Crippen LogP contribution >= 0.6 is 0 Å². The average Bonchev–Trinajstić information content (AvgIpc) is 3.76. The summed E-state index contributed by atoms with van der Waals surface area (Å²) in [4.78, 5) is 62.0. The monoisotopic (exact) mass is 765 g/mol. The molecular weight excluding hydrogens is 703 g/mol. The Bertz CT molecular complexity index is 1920. The number of hydrogen-bond acceptors (Lipinski definition) is 6. The van der Waals surface area contributed by atoms with E-state index in [-0.39, 0.29) is 47.8 Å². The molecule has 56 heavy (non-hydrogen) atoms. The van der Waals surface area contributed by atoms with Crippen LogP contribution in [0.2, 0.25) is 0 Å². The minimum Gasteiger partial charge on any atom is -0.355 e. The molecule has 0 bridgehead atoms. The number of para-hydroxylation sites is 1. The first-order valence-corrected chi connectivity index (χ1v) is 21.0. The van der Waals surface area contributed by atoms with Crippen molar-refractivity contribution < 1.29 is 19.2 Å². The molecule has 2 aliphatic heterocycles. The van der Waals surface area contributed by atoms with Crippen molar-refractivity contribution in [1.29, 1.82) is 0 Å². The van der Waals surface area contributed by atoms with Crippen LogP contribution in [0.15, 0.2) is 48.5 Å². The molecule has 0 spiro atoms. The Kier molecular flexibility index (Phi) is 13.7. The summed E-state index contributed by atoms with van der Waals surface area (Å²) < 4.78 is 0. The highest BCUT2D eigenvalue weighted by Crippen LogP contribution is 2.43. The molecule has 4 amide bonds.